The molecule has 1 fully saturated rings. The van der Waals surface area contributed by atoms with E-state index in [-0.39, 0.29) is 28.4 Å². The van der Waals surface area contributed by atoms with Gasteiger partial charge in [-0.25, -0.2) is 0 Å². The van der Waals surface area contributed by atoms with Gasteiger partial charge in [-0.1, -0.05) is 72.6 Å². The zero-order chi connectivity index (χ0) is 31.4. The fourth-order valence-electron chi connectivity index (χ4n) is 7.33. The number of nitrogens with zero attached hydrogens (tertiary/aromatic N) is 1. The summed E-state index contributed by atoms with van der Waals surface area (Å²) in [6.07, 6.45) is 5.57. The van der Waals surface area contributed by atoms with Crippen molar-refractivity contribution in [2.75, 3.05) is 13.2 Å². The lowest BCUT2D eigenvalue weighted by Gasteiger charge is -2.46. The van der Waals surface area contributed by atoms with E-state index in [1.54, 1.807) is 12.1 Å². The number of alkyl halides is 3. The molecular formula is C36H50F3NO2Si. The molecule has 0 saturated heterocycles. The van der Waals surface area contributed by atoms with Crippen LogP contribution in [-0.4, -0.2) is 26.5 Å². The van der Waals surface area contributed by atoms with Crippen LogP contribution in [0.2, 0.25) is 18.1 Å². The van der Waals surface area contributed by atoms with Crippen molar-refractivity contribution in [2.45, 2.75) is 129 Å². The fraction of sp³-hybridized carbons (Fsp3) is 0.639. The number of ether oxygens (including phenoxy) is 1. The highest BCUT2D eigenvalue weighted by Gasteiger charge is 2.48. The van der Waals surface area contributed by atoms with Gasteiger partial charge in [-0.3, -0.25) is 4.98 Å². The van der Waals surface area contributed by atoms with Gasteiger partial charge in [0.05, 0.1) is 24.9 Å². The van der Waals surface area contributed by atoms with Gasteiger partial charge in [-0.05, 0) is 96.0 Å². The summed E-state index contributed by atoms with van der Waals surface area (Å²) in [6.45, 7) is 19.3. The number of hydrogen-bond acceptors (Lipinski definition) is 3. The second kappa shape index (κ2) is 11.8. The van der Waals surface area contributed by atoms with Crippen LogP contribution in [0.4, 0.5) is 13.2 Å². The highest BCUT2D eigenvalue weighted by molar-refractivity contribution is 6.74. The molecule has 2 atom stereocenters. The van der Waals surface area contributed by atoms with Crippen molar-refractivity contribution in [3.63, 3.8) is 0 Å². The Morgan fingerprint density at radius 1 is 1.02 bits per heavy atom. The Morgan fingerprint density at radius 3 is 2.21 bits per heavy atom. The lowest BCUT2D eigenvalue weighted by atomic mass is 9.68. The van der Waals surface area contributed by atoms with Crippen LogP contribution in [0.5, 0.6) is 0 Å². The van der Waals surface area contributed by atoms with E-state index in [0.29, 0.717) is 13.2 Å². The molecule has 1 saturated carbocycles. The summed E-state index contributed by atoms with van der Waals surface area (Å²) in [7, 11) is -2.15. The molecule has 0 bridgehead atoms. The molecule has 1 aliphatic heterocycles. The number of pyridine rings is 1. The zero-order valence-corrected chi connectivity index (χ0v) is 28.4. The molecule has 5 rings (SSSR count). The average molecular weight is 614 g/mol. The van der Waals surface area contributed by atoms with E-state index in [1.165, 1.54) is 60.2 Å². The van der Waals surface area contributed by atoms with E-state index in [0.717, 1.165) is 36.1 Å². The SMILES string of the molecule is CC(C)c1nc2c(c(C3=CCOCC3)c1[C@H](C)c1ccc(C(F)(F)F)cc1)C(O[Si](C)(C)C(C)(C)C)CC1(CCCC1)C2. The lowest BCUT2D eigenvalue weighted by Crippen LogP contribution is -2.44. The van der Waals surface area contributed by atoms with Crippen molar-refractivity contribution in [2.24, 2.45) is 5.41 Å². The maximum atomic E-state index is 13.5. The smallest absolute Gasteiger partial charge is 0.410 e. The second-order valence-electron chi connectivity index (χ2n) is 15.2. The highest BCUT2D eigenvalue weighted by atomic mass is 28.4. The van der Waals surface area contributed by atoms with Gasteiger partial charge >= 0.3 is 6.18 Å². The van der Waals surface area contributed by atoms with Crippen molar-refractivity contribution in [1.82, 2.24) is 4.98 Å². The number of rotatable bonds is 6. The van der Waals surface area contributed by atoms with Crippen LogP contribution in [0.25, 0.3) is 5.57 Å². The molecule has 0 radical (unpaired) electrons. The summed E-state index contributed by atoms with van der Waals surface area (Å²) < 4.78 is 53.5. The summed E-state index contributed by atoms with van der Waals surface area (Å²) in [5.74, 6) is 0.0321. The Kier molecular flexibility index (Phi) is 8.87. The standard InChI is InChI=1S/C36H50F3NO2Si/c1-23(2)33-30(24(3)25-11-13-27(14-12-25)36(37,38)39)31(26-15-19-41-20-16-26)32-28(40-33)21-35(17-9-10-18-35)22-29(32)42-43(7,8)34(4,5)6/h11-15,23-24,29H,9-10,16-22H2,1-8H3/t24-,29?/m1/s1. The van der Waals surface area contributed by atoms with Crippen molar-refractivity contribution < 1.29 is 22.3 Å². The second-order valence-corrected chi connectivity index (χ2v) is 19.9. The third-order valence-corrected chi connectivity index (χ3v) is 15.3. The topological polar surface area (TPSA) is 31.4 Å². The quantitative estimate of drug-likeness (QED) is 0.304. The van der Waals surface area contributed by atoms with E-state index in [9.17, 15) is 13.2 Å². The maximum absolute atomic E-state index is 13.5. The Bertz CT molecular complexity index is 1350. The molecule has 1 unspecified atom stereocenters. The largest absolute Gasteiger partial charge is 0.416 e. The summed E-state index contributed by atoms with van der Waals surface area (Å²) in [6, 6.07) is 5.73. The molecular weight excluding hydrogens is 563 g/mol. The first-order valence-corrected chi connectivity index (χ1v) is 19.1. The Labute approximate surface area is 257 Å². The van der Waals surface area contributed by atoms with Crippen LogP contribution in [0.15, 0.2) is 30.3 Å². The Hall–Kier alpha value is -1.96. The third kappa shape index (κ3) is 6.41. The van der Waals surface area contributed by atoms with Crippen LogP contribution in [-0.2, 0) is 21.8 Å². The molecule has 236 valence electrons. The summed E-state index contributed by atoms with van der Waals surface area (Å²) in [4.78, 5) is 5.53. The average Bonchev–Trinajstić information content (AvgIpc) is 3.37. The predicted octanol–water partition coefficient (Wildman–Crippen LogP) is 10.7. The lowest BCUT2D eigenvalue weighted by molar-refractivity contribution is -0.137. The third-order valence-electron chi connectivity index (χ3n) is 10.8. The van der Waals surface area contributed by atoms with E-state index in [2.05, 4.69) is 60.7 Å². The number of aromatic nitrogens is 1. The van der Waals surface area contributed by atoms with E-state index >= 15 is 0 Å². The van der Waals surface area contributed by atoms with Crippen molar-refractivity contribution >= 4 is 13.9 Å². The van der Waals surface area contributed by atoms with Gasteiger partial charge in [0.15, 0.2) is 8.32 Å². The van der Waals surface area contributed by atoms with Crippen LogP contribution >= 0.6 is 0 Å². The molecule has 2 aliphatic carbocycles. The first kappa shape index (κ1) is 32.4. The van der Waals surface area contributed by atoms with Gasteiger partial charge in [0.25, 0.3) is 0 Å². The molecule has 1 spiro atoms. The predicted molar refractivity (Wildman–Crippen MR) is 171 cm³/mol. The summed E-state index contributed by atoms with van der Waals surface area (Å²) >= 11 is 0. The first-order valence-electron chi connectivity index (χ1n) is 16.2. The van der Waals surface area contributed by atoms with E-state index < -0.39 is 20.1 Å². The van der Waals surface area contributed by atoms with Gasteiger partial charge in [-0.15, -0.1) is 0 Å². The van der Waals surface area contributed by atoms with E-state index in [1.807, 2.05) is 0 Å². The molecule has 7 heteroatoms. The molecule has 3 nitrogen and oxygen atoms in total. The molecule has 2 heterocycles. The Morgan fingerprint density at radius 2 is 1.67 bits per heavy atom. The van der Waals surface area contributed by atoms with Crippen LogP contribution < -0.4 is 0 Å². The monoisotopic (exact) mass is 613 g/mol. The molecule has 2 aromatic rings. The number of hydrogen-bond donors (Lipinski definition) is 0. The zero-order valence-electron chi connectivity index (χ0n) is 27.4. The van der Waals surface area contributed by atoms with Crippen LogP contribution in [0.1, 0.15) is 137 Å². The number of fused-ring (bicyclic) bond motifs is 1. The van der Waals surface area contributed by atoms with Crippen molar-refractivity contribution in [3.8, 4) is 0 Å². The summed E-state index contributed by atoms with van der Waals surface area (Å²) in [5.41, 5.74) is 7.63. The van der Waals surface area contributed by atoms with Crippen molar-refractivity contribution in [3.05, 3.63) is 69.5 Å². The minimum Gasteiger partial charge on any atom is -0.410 e. The normalized spacial score (nSPS) is 21.7. The van der Waals surface area contributed by atoms with Crippen molar-refractivity contribution in [1.29, 1.82) is 0 Å². The van der Waals surface area contributed by atoms with E-state index in [4.69, 9.17) is 14.1 Å². The van der Waals surface area contributed by atoms with Gasteiger partial charge in [0.2, 0.25) is 0 Å². The molecule has 0 N–H and O–H groups in total. The Balaban J connectivity index is 1.76. The van der Waals surface area contributed by atoms with Gasteiger partial charge in [0.1, 0.15) is 0 Å². The molecule has 1 aromatic carbocycles. The molecule has 1 aromatic heterocycles. The minimum absolute atomic E-state index is 0.0474. The summed E-state index contributed by atoms with van der Waals surface area (Å²) in [5, 5.41) is 0.0627. The first-order chi connectivity index (χ1) is 20.0. The maximum Gasteiger partial charge on any atom is 0.416 e. The van der Waals surface area contributed by atoms with Crippen LogP contribution in [0.3, 0.4) is 0 Å². The fourth-order valence-corrected chi connectivity index (χ4v) is 8.60. The van der Waals surface area contributed by atoms with Gasteiger partial charge in [-0.2, -0.15) is 13.2 Å². The highest BCUT2D eigenvalue weighted by Crippen LogP contribution is 2.56. The van der Waals surface area contributed by atoms with Gasteiger partial charge < -0.3 is 9.16 Å². The van der Waals surface area contributed by atoms with Crippen LogP contribution in [0, 0.1) is 5.41 Å². The molecule has 43 heavy (non-hydrogen) atoms. The number of halogens is 3. The number of benzene rings is 1. The molecule has 0 amide bonds. The minimum atomic E-state index is -4.36. The molecule has 3 aliphatic rings. The van der Waals surface area contributed by atoms with Gasteiger partial charge in [0, 0.05) is 22.9 Å².